The highest BCUT2D eigenvalue weighted by atomic mass is 16.2. The molecule has 2 aliphatic carbocycles. The van der Waals surface area contributed by atoms with Crippen LogP contribution in [0.15, 0.2) is 43.0 Å². The predicted molar refractivity (Wildman–Crippen MR) is 90.1 cm³/mol. The van der Waals surface area contributed by atoms with Crippen LogP contribution in [0.1, 0.15) is 37.3 Å². The van der Waals surface area contributed by atoms with Crippen molar-refractivity contribution < 1.29 is 4.79 Å². The fourth-order valence-corrected chi connectivity index (χ4v) is 3.32. The van der Waals surface area contributed by atoms with Crippen LogP contribution in [-0.2, 0) is 6.54 Å². The average Bonchev–Trinajstić information content (AvgIpc) is 3.53. The van der Waals surface area contributed by atoms with Crippen LogP contribution in [0.2, 0.25) is 0 Å². The molecule has 2 amide bonds. The number of hydrogen-bond acceptors (Lipinski definition) is 3. The van der Waals surface area contributed by atoms with Crippen LogP contribution in [0.3, 0.4) is 0 Å². The van der Waals surface area contributed by atoms with E-state index in [0.29, 0.717) is 24.4 Å². The minimum absolute atomic E-state index is 0.0761. The van der Waals surface area contributed by atoms with Gasteiger partial charge in [0.15, 0.2) is 0 Å². The van der Waals surface area contributed by atoms with E-state index in [1.54, 1.807) is 11.0 Å². The van der Waals surface area contributed by atoms with E-state index in [4.69, 9.17) is 0 Å². The van der Waals surface area contributed by atoms with E-state index in [1.807, 2.05) is 30.3 Å². The van der Waals surface area contributed by atoms with Crippen LogP contribution < -0.4 is 10.6 Å². The highest BCUT2D eigenvalue weighted by molar-refractivity contribution is 5.75. The summed E-state index contributed by atoms with van der Waals surface area (Å²) >= 11 is 0. The molecular formula is C18H23N5O. The highest BCUT2D eigenvalue weighted by Gasteiger charge is 2.42. The number of amides is 2. The van der Waals surface area contributed by atoms with Gasteiger partial charge in [0.05, 0.1) is 12.6 Å². The third-order valence-electron chi connectivity index (χ3n) is 4.90. The molecule has 0 spiro atoms. The Labute approximate surface area is 141 Å². The number of hydrogen-bond donors (Lipinski definition) is 2. The molecule has 0 aliphatic heterocycles. The molecule has 24 heavy (non-hydrogen) atoms. The van der Waals surface area contributed by atoms with Crippen molar-refractivity contribution in [3.63, 3.8) is 0 Å². The van der Waals surface area contributed by atoms with Crippen LogP contribution >= 0.6 is 0 Å². The molecule has 1 aromatic carbocycles. The number of nitrogens with one attached hydrogen (secondary N) is 2. The first-order valence-corrected chi connectivity index (χ1v) is 8.74. The molecule has 2 N–H and O–H groups in total. The van der Waals surface area contributed by atoms with E-state index in [2.05, 4.69) is 20.7 Å². The monoisotopic (exact) mass is 325 g/mol. The van der Waals surface area contributed by atoms with Gasteiger partial charge in [-0.25, -0.2) is 9.78 Å². The first kappa shape index (κ1) is 15.2. The van der Waals surface area contributed by atoms with Crippen molar-refractivity contribution in [2.45, 2.75) is 44.3 Å². The Bertz CT molecular complexity index is 652. The first-order valence-electron chi connectivity index (χ1n) is 8.74. The molecule has 2 aromatic rings. The molecule has 126 valence electrons. The lowest BCUT2D eigenvalue weighted by molar-refractivity contribution is 0.227. The third kappa shape index (κ3) is 3.75. The van der Waals surface area contributed by atoms with Gasteiger partial charge in [-0.3, -0.25) is 4.68 Å². The Kier molecular flexibility index (Phi) is 4.19. The lowest BCUT2D eigenvalue weighted by Crippen LogP contribution is -2.46. The molecule has 1 aromatic heterocycles. The first-order chi connectivity index (χ1) is 11.8. The Hall–Kier alpha value is -2.37. The third-order valence-corrected chi connectivity index (χ3v) is 4.90. The van der Waals surface area contributed by atoms with Crippen LogP contribution in [0.25, 0.3) is 0 Å². The second-order valence-electron chi connectivity index (χ2n) is 6.90. The van der Waals surface area contributed by atoms with Gasteiger partial charge in [-0.1, -0.05) is 30.3 Å². The van der Waals surface area contributed by atoms with Gasteiger partial charge in [-0.15, -0.1) is 0 Å². The van der Waals surface area contributed by atoms with Crippen LogP contribution in [0, 0.1) is 11.8 Å². The summed E-state index contributed by atoms with van der Waals surface area (Å²) in [5, 5.41) is 10.5. The van der Waals surface area contributed by atoms with E-state index in [9.17, 15) is 4.79 Å². The molecular weight excluding hydrogens is 302 g/mol. The molecule has 0 bridgehead atoms. The normalized spacial score (nSPS) is 18.4. The molecule has 4 rings (SSSR count). The van der Waals surface area contributed by atoms with Gasteiger partial charge in [-0.05, 0) is 43.1 Å². The maximum Gasteiger partial charge on any atom is 0.315 e. The smallest absolute Gasteiger partial charge is 0.315 e. The SMILES string of the molecule is O=C(NC(C1CC1)C1CC1)N[C@H](Cn1cncn1)c1ccccc1. The van der Waals surface area contributed by atoms with Crippen molar-refractivity contribution in [1.82, 2.24) is 25.4 Å². The Balaban J connectivity index is 1.43. The van der Waals surface area contributed by atoms with Crippen molar-refractivity contribution in [1.29, 1.82) is 0 Å². The van der Waals surface area contributed by atoms with Crippen molar-refractivity contribution in [3.8, 4) is 0 Å². The number of urea groups is 1. The molecule has 0 radical (unpaired) electrons. The maximum atomic E-state index is 12.6. The number of aromatic nitrogens is 3. The summed E-state index contributed by atoms with van der Waals surface area (Å²) in [5.41, 5.74) is 1.07. The Morgan fingerprint density at radius 2 is 1.83 bits per heavy atom. The molecule has 6 nitrogen and oxygen atoms in total. The quantitative estimate of drug-likeness (QED) is 0.821. The molecule has 1 heterocycles. The second-order valence-corrected chi connectivity index (χ2v) is 6.90. The minimum atomic E-state index is -0.132. The molecule has 0 saturated heterocycles. The molecule has 2 fully saturated rings. The van der Waals surface area contributed by atoms with Crippen molar-refractivity contribution >= 4 is 6.03 Å². The highest BCUT2D eigenvalue weighted by Crippen LogP contribution is 2.44. The maximum absolute atomic E-state index is 12.6. The van der Waals surface area contributed by atoms with Gasteiger partial charge in [0.1, 0.15) is 12.7 Å². The minimum Gasteiger partial charge on any atom is -0.335 e. The Morgan fingerprint density at radius 3 is 2.42 bits per heavy atom. The zero-order valence-electron chi connectivity index (χ0n) is 13.6. The number of rotatable bonds is 7. The van der Waals surface area contributed by atoms with Crippen LogP contribution in [-0.4, -0.2) is 26.8 Å². The standard InChI is InChI=1S/C18H23N5O/c24-18(22-17(14-6-7-14)15-8-9-15)21-16(10-23-12-19-11-20-23)13-4-2-1-3-5-13/h1-5,11-12,14-17H,6-10H2,(H2,21,22,24)/t16-/m1/s1. The van der Waals surface area contributed by atoms with E-state index in [-0.39, 0.29) is 12.1 Å². The van der Waals surface area contributed by atoms with Crippen molar-refractivity contribution in [2.24, 2.45) is 11.8 Å². The van der Waals surface area contributed by atoms with Crippen LogP contribution in [0.5, 0.6) is 0 Å². The lowest BCUT2D eigenvalue weighted by atomic mass is 10.1. The second kappa shape index (κ2) is 6.63. The molecule has 2 saturated carbocycles. The largest absolute Gasteiger partial charge is 0.335 e. The van der Waals surface area contributed by atoms with E-state index >= 15 is 0 Å². The summed E-state index contributed by atoms with van der Waals surface area (Å²) in [6.45, 7) is 0.564. The summed E-state index contributed by atoms with van der Waals surface area (Å²) in [4.78, 5) is 16.5. The van der Waals surface area contributed by atoms with Gasteiger partial charge in [0.25, 0.3) is 0 Å². The van der Waals surface area contributed by atoms with Gasteiger partial charge in [0.2, 0.25) is 0 Å². The summed E-state index contributed by atoms with van der Waals surface area (Å²) in [5.74, 6) is 1.38. The summed E-state index contributed by atoms with van der Waals surface area (Å²) < 4.78 is 1.75. The molecule has 1 atom stereocenters. The number of carbonyl (C=O) groups is 1. The number of carbonyl (C=O) groups excluding carboxylic acids is 1. The van der Waals surface area contributed by atoms with E-state index < -0.39 is 0 Å². The fraction of sp³-hybridized carbons (Fsp3) is 0.500. The van der Waals surface area contributed by atoms with Gasteiger partial charge in [-0.2, -0.15) is 5.10 Å². The summed E-state index contributed by atoms with van der Waals surface area (Å²) in [6, 6.07) is 10.2. The average molecular weight is 325 g/mol. The zero-order valence-corrected chi connectivity index (χ0v) is 13.6. The van der Waals surface area contributed by atoms with Crippen molar-refractivity contribution in [2.75, 3.05) is 0 Å². The molecule has 0 unspecified atom stereocenters. The Morgan fingerprint density at radius 1 is 1.12 bits per heavy atom. The fourth-order valence-electron chi connectivity index (χ4n) is 3.32. The van der Waals surface area contributed by atoms with Crippen molar-refractivity contribution in [3.05, 3.63) is 48.5 Å². The van der Waals surface area contributed by atoms with Crippen LogP contribution in [0.4, 0.5) is 4.79 Å². The van der Waals surface area contributed by atoms with Gasteiger partial charge < -0.3 is 10.6 Å². The lowest BCUT2D eigenvalue weighted by Gasteiger charge is -2.23. The predicted octanol–water partition coefficient (Wildman–Crippen LogP) is 2.51. The van der Waals surface area contributed by atoms with E-state index in [0.717, 1.165) is 5.56 Å². The summed E-state index contributed by atoms with van der Waals surface area (Å²) in [7, 11) is 0. The van der Waals surface area contributed by atoms with Gasteiger partial charge >= 0.3 is 6.03 Å². The topological polar surface area (TPSA) is 71.8 Å². The summed E-state index contributed by atoms with van der Waals surface area (Å²) in [6.07, 6.45) is 8.20. The number of benzene rings is 1. The van der Waals surface area contributed by atoms with E-state index in [1.165, 1.54) is 32.0 Å². The molecule has 2 aliphatic rings. The molecule has 6 heteroatoms. The zero-order chi connectivity index (χ0) is 16.4. The van der Waals surface area contributed by atoms with Gasteiger partial charge in [0, 0.05) is 6.04 Å². The number of nitrogens with zero attached hydrogens (tertiary/aromatic N) is 3.